The number of nitrogens with zero attached hydrogens (tertiary/aromatic N) is 3. The van der Waals surface area contributed by atoms with E-state index in [2.05, 4.69) is 36.3 Å². The number of benzene rings is 2. The second kappa shape index (κ2) is 11.0. The Kier molecular flexibility index (Phi) is 7.73. The molecular weight excluding hydrogens is 582 g/mol. The summed E-state index contributed by atoms with van der Waals surface area (Å²) in [4.78, 5) is 54.6. The Hall–Kier alpha value is -4.30. The third-order valence-corrected chi connectivity index (χ3v) is 6.61. The first kappa shape index (κ1) is 26.8. The minimum atomic E-state index is -1.07. The average molecular weight is 602 g/mol. The molecule has 0 aliphatic heterocycles. The number of carboxylic acid groups (broad SMARTS) is 1. The van der Waals surface area contributed by atoms with Crippen molar-refractivity contribution in [2.45, 2.75) is 20.3 Å². The van der Waals surface area contributed by atoms with Crippen LogP contribution in [0.15, 0.2) is 49.8 Å². The molecule has 38 heavy (non-hydrogen) atoms. The summed E-state index contributed by atoms with van der Waals surface area (Å²) in [6.07, 6.45) is -0.315. The minimum absolute atomic E-state index is 0.0866. The zero-order chi connectivity index (χ0) is 27.6. The van der Waals surface area contributed by atoms with Crippen LogP contribution in [0.3, 0.4) is 0 Å². The molecule has 0 unspecified atom stereocenters. The third-order valence-electron chi connectivity index (χ3n) is 5.18. The fourth-order valence-electron chi connectivity index (χ4n) is 3.52. The molecule has 0 radical (unpaired) electrons. The van der Waals surface area contributed by atoms with E-state index in [4.69, 9.17) is 14.6 Å². The Morgan fingerprint density at radius 2 is 1.89 bits per heavy atom. The summed E-state index contributed by atoms with van der Waals surface area (Å²) < 4.78 is 12.9. The van der Waals surface area contributed by atoms with E-state index in [1.807, 2.05) is 0 Å². The number of hydrogen-bond donors (Lipinski definition) is 3. The van der Waals surface area contributed by atoms with Gasteiger partial charge in [-0.05, 0) is 71.2 Å². The summed E-state index contributed by atoms with van der Waals surface area (Å²) >= 11 is 4.42. The zero-order valence-electron chi connectivity index (χ0n) is 20.2. The molecule has 12 nitrogen and oxygen atoms in total. The standard InChI is InChI=1S/C24H20BrN5O7S/c1-11-6-14(7-12(2)20(11)37-15-4-5-17(36-3)16(25)9-15)30-24(35)28-22(34)19(29-30)21(33)27-23-26-13(10-38-23)8-18(31)32/h4-7,9-10H,8H2,1-3H3,(H,31,32)(H,26,27,33)(H,28,34,35). The van der Waals surface area contributed by atoms with E-state index in [9.17, 15) is 19.2 Å². The largest absolute Gasteiger partial charge is 0.496 e. The Morgan fingerprint density at radius 1 is 1.18 bits per heavy atom. The van der Waals surface area contributed by atoms with Gasteiger partial charge in [-0.3, -0.25) is 24.7 Å². The molecule has 1 amide bonds. The fourth-order valence-corrected chi connectivity index (χ4v) is 4.74. The smallest absolute Gasteiger partial charge is 0.349 e. The third kappa shape index (κ3) is 5.81. The van der Waals surface area contributed by atoms with Crippen LogP contribution in [-0.2, 0) is 11.2 Å². The highest BCUT2D eigenvalue weighted by Gasteiger charge is 2.19. The van der Waals surface area contributed by atoms with E-state index in [-0.39, 0.29) is 17.2 Å². The number of carboxylic acids is 1. The van der Waals surface area contributed by atoms with Gasteiger partial charge in [0.2, 0.25) is 5.69 Å². The molecule has 4 aromatic rings. The van der Waals surface area contributed by atoms with Crippen LogP contribution in [0.2, 0.25) is 0 Å². The topological polar surface area (TPSA) is 166 Å². The summed E-state index contributed by atoms with van der Waals surface area (Å²) in [5.41, 5.74) is -0.492. The average Bonchev–Trinajstić information content (AvgIpc) is 3.27. The van der Waals surface area contributed by atoms with Crippen molar-refractivity contribution in [2.75, 3.05) is 12.4 Å². The van der Waals surface area contributed by atoms with Crippen LogP contribution in [0.4, 0.5) is 5.13 Å². The van der Waals surface area contributed by atoms with Gasteiger partial charge in [-0.1, -0.05) is 0 Å². The van der Waals surface area contributed by atoms with Gasteiger partial charge < -0.3 is 14.6 Å². The lowest BCUT2D eigenvalue weighted by Gasteiger charge is -2.15. The number of aryl methyl sites for hydroxylation is 2. The number of methoxy groups -OCH3 is 1. The monoisotopic (exact) mass is 601 g/mol. The van der Waals surface area contributed by atoms with Crippen LogP contribution in [-0.4, -0.2) is 43.8 Å². The Bertz CT molecular complexity index is 1650. The van der Waals surface area contributed by atoms with E-state index in [1.165, 1.54) is 5.38 Å². The number of anilines is 1. The number of H-pyrrole nitrogens is 1. The van der Waals surface area contributed by atoms with Gasteiger partial charge in [0.05, 0.1) is 29.4 Å². The second-order valence-corrected chi connectivity index (χ2v) is 9.71. The van der Waals surface area contributed by atoms with Crippen LogP contribution in [0.5, 0.6) is 17.2 Å². The molecule has 0 aliphatic carbocycles. The SMILES string of the molecule is COc1ccc(Oc2c(C)cc(-n3nc(C(=O)Nc4nc(CC(=O)O)cs4)c(=O)[nH]c3=O)cc2C)cc1Br. The number of aliphatic carboxylic acids is 1. The van der Waals surface area contributed by atoms with E-state index < -0.39 is 28.8 Å². The molecule has 2 heterocycles. The number of carbonyl (C=O) groups is 2. The number of halogens is 1. The molecule has 4 rings (SSSR count). The molecule has 14 heteroatoms. The summed E-state index contributed by atoms with van der Waals surface area (Å²) in [6.45, 7) is 3.57. The van der Waals surface area contributed by atoms with Gasteiger partial charge >= 0.3 is 11.7 Å². The molecular formula is C24H20BrN5O7S. The maximum Gasteiger partial charge on any atom is 0.349 e. The van der Waals surface area contributed by atoms with Crippen molar-refractivity contribution in [1.29, 1.82) is 0 Å². The Balaban J connectivity index is 1.63. The van der Waals surface area contributed by atoms with Crippen molar-refractivity contribution in [3.05, 3.63) is 83.5 Å². The quantitative estimate of drug-likeness (QED) is 0.274. The lowest BCUT2D eigenvalue weighted by molar-refractivity contribution is -0.136. The number of rotatable bonds is 8. The maximum absolute atomic E-state index is 12.7. The molecule has 0 saturated heterocycles. The van der Waals surface area contributed by atoms with Crippen molar-refractivity contribution < 1.29 is 24.2 Å². The van der Waals surface area contributed by atoms with Crippen molar-refractivity contribution in [2.24, 2.45) is 0 Å². The summed E-state index contributed by atoms with van der Waals surface area (Å²) in [7, 11) is 1.56. The highest BCUT2D eigenvalue weighted by atomic mass is 79.9. The van der Waals surface area contributed by atoms with Gasteiger partial charge in [0.15, 0.2) is 5.13 Å². The predicted octanol–water partition coefficient (Wildman–Crippen LogP) is 3.44. The molecule has 0 fully saturated rings. The number of amides is 1. The fraction of sp³-hybridized carbons (Fsp3) is 0.167. The van der Waals surface area contributed by atoms with Crippen LogP contribution < -0.4 is 26.0 Å². The molecule has 3 N–H and O–H groups in total. The number of aromatic amines is 1. The maximum atomic E-state index is 12.7. The van der Waals surface area contributed by atoms with Gasteiger partial charge in [-0.2, -0.15) is 9.78 Å². The zero-order valence-corrected chi connectivity index (χ0v) is 22.6. The minimum Gasteiger partial charge on any atom is -0.496 e. The molecule has 0 spiro atoms. The lowest BCUT2D eigenvalue weighted by atomic mass is 10.1. The molecule has 0 bridgehead atoms. The van der Waals surface area contributed by atoms with Crippen molar-refractivity contribution in [3.63, 3.8) is 0 Å². The van der Waals surface area contributed by atoms with E-state index in [0.29, 0.717) is 34.1 Å². The molecule has 0 aliphatic rings. The van der Waals surface area contributed by atoms with Gasteiger partial charge in [-0.15, -0.1) is 11.3 Å². The number of carbonyl (C=O) groups excluding carboxylic acids is 1. The first-order chi connectivity index (χ1) is 18.0. The molecule has 0 atom stereocenters. The van der Waals surface area contributed by atoms with Crippen LogP contribution >= 0.6 is 27.3 Å². The normalized spacial score (nSPS) is 10.7. The predicted molar refractivity (Wildman–Crippen MR) is 142 cm³/mol. The summed E-state index contributed by atoms with van der Waals surface area (Å²) in [6, 6.07) is 8.54. The lowest BCUT2D eigenvalue weighted by Crippen LogP contribution is -2.37. The van der Waals surface area contributed by atoms with Crippen LogP contribution in [0.1, 0.15) is 27.3 Å². The molecule has 2 aromatic carbocycles. The van der Waals surface area contributed by atoms with Gasteiger partial charge in [0, 0.05) is 5.38 Å². The molecule has 0 saturated carbocycles. The summed E-state index contributed by atoms with van der Waals surface area (Å²) in [5.74, 6) is -0.210. The van der Waals surface area contributed by atoms with Crippen molar-refractivity contribution in [3.8, 4) is 22.9 Å². The van der Waals surface area contributed by atoms with Crippen LogP contribution in [0, 0.1) is 13.8 Å². The Labute approximate surface area is 227 Å². The molecule has 2 aromatic heterocycles. The van der Waals surface area contributed by atoms with E-state index in [0.717, 1.165) is 20.5 Å². The molecule has 196 valence electrons. The van der Waals surface area contributed by atoms with Crippen molar-refractivity contribution >= 4 is 44.3 Å². The summed E-state index contributed by atoms with van der Waals surface area (Å²) in [5, 5.41) is 16.8. The van der Waals surface area contributed by atoms with E-state index in [1.54, 1.807) is 51.3 Å². The number of hydrogen-bond acceptors (Lipinski definition) is 9. The number of aromatic nitrogens is 4. The second-order valence-electron chi connectivity index (χ2n) is 8.00. The number of ether oxygens (including phenoxy) is 2. The van der Waals surface area contributed by atoms with Crippen LogP contribution in [0.25, 0.3) is 5.69 Å². The first-order valence-electron chi connectivity index (χ1n) is 10.9. The number of thiazole rings is 1. The van der Waals surface area contributed by atoms with Gasteiger partial charge in [0.25, 0.3) is 11.5 Å². The first-order valence-corrected chi connectivity index (χ1v) is 12.6. The highest BCUT2D eigenvalue weighted by Crippen LogP contribution is 2.34. The van der Waals surface area contributed by atoms with Gasteiger partial charge in [-0.25, -0.2) is 9.78 Å². The highest BCUT2D eigenvalue weighted by molar-refractivity contribution is 9.10. The van der Waals surface area contributed by atoms with Crippen molar-refractivity contribution in [1.82, 2.24) is 19.7 Å². The van der Waals surface area contributed by atoms with Gasteiger partial charge in [0.1, 0.15) is 17.2 Å². The Morgan fingerprint density at radius 3 is 2.53 bits per heavy atom. The number of nitrogens with one attached hydrogen (secondary N) is 2. The van der Waals surface area contributed by atoms with E-state index >= 15 is 0 Å².